The molecule has 5 nitrogen and oxygen atoms in total. The minimum absolute atomic E-state index is 0.172. The van der Waals surface area contributed by atoms with Crippen molar-refractivity contribution in [1.29, 1.82) is 0 Å². The van der Waals surface area contributed by atoms with Crippen LogP contribution >= 0.6 is 0 Å². The third-order valence-corrected chi connectivity index (χ3v) is 2.86. The molecule has 114 valence electrons. The fraction of sp³-hybridized carbons (Fsp3) is 0.733. The van der Waals surface area contributed by atoms with Crippen LogP contribution in [0.2, 0.25) is 0 Å². The van der Waals surface area contributed by atoms with Crippen LogP contribution in [0.1, 0.15) is 47.0 Å². The van der Waals surface area contributed by atoms with Gasteiger partial charge < -0.3 is 9.47 Å². The molecular weight excluding hydrogens is 258 g/mol. The van der Waals surface area contributed by atoms with Crippen molar-refractivity contribution < 1.29 is 19.1 Å². The van der Waals surface area contributed by atoms with Crippen LogP contribution in [0.3, 0.4) is 0 Å². The van der Waals surface area contributed by atoms with Gasteiger partial charge in [-0.25, -0.2) is 4.79 Å². The molecule has 0 radical (unpaired) electrons. The van der Waals surface area contributed by atoms with Gasteiger partial charge >= 0.3 is 12.1 Å². The van der Waals surface area contributed by atoms with Crippen LogP contribution < -0.4 is 0 Å². The molecule has 1 atom stereocenters. The van der Waals surface area contributed by atoms with E-state index in [4.69, 9.17) is 9.47 Å². The maximum atomic E-state index is 12.3. The van der Waals surface area contributed by atoms with Gasteiger partial charge in [-0.15, -0.1) is 0 Å². The van der Waals surface area contributed by atoms with E-state index in [9.17, 15) is 9.59 Å². The molecule has 0 unspecified atom stereocenters. The summed E-state index contributed by atoms with van der Waals surface area (Å²) in [4.78, 5) is 24.9. The van der Waals surface area contributed by atoms with Crippen LogP contribution in [0.4, 0.5) is 4.79 Å². The molecule has 0 fully saturated rings. The standard InChI is InChI=1S/C15H25NO4/c1-12(17)19-11-13-9-7-5-6-8-10-16(13)14(18)20-15(2,3)4/h7,9,13H,5-6,8,10-11H2,1-4H3/b9-7-/t13-/m1/s1. The summed E-state index contributed by atoms with van der Waals surface area (Å²) in [5.74, 6) is -0.343. The first-order valence-corrected chi connectivity index (χ1v) is 7.09. The number of hydrogen-bond donors (Lipinski definition) is 0. The molecule has 1 aliphatic heterocycles. The molecule has 1 rings (SSSR count). The third kappa shape index (κ3) is 6.08. The molecule has 0 aliphatic carbocycles. The number of ether oxygens (including phenoxy) is 2. The summed E-state index contributed by atoms with van der Waals surface area (Å²) in [6, 6.07) is -0.256. The summed E-state index contributed by atoms with van der Waals surface area (Å²) in [5.41, 5.74) is -0.533. The highest BCUT2D eigenvalue weighted by molar-refractivity contribution is 5.69. The van der Waals surface area contributed by atoms with Crippen LogP contribution in [-0.2, 0) is 14.3 Å². The largest absolute Gasteiger partial charge is 0.463 e. The van der Waals surface area contributed by atoms with Gasteiger partial charge in [0.1, 0.15) is 12.2 Å². The van der Waals surface area contributed by atoms with E-state index in [0.29, 0.717) is 6.54 Å². The second-order valence-electron chi connectivity index (χ2n) is 5.97. The molecule has 0 spiro atoms. The number of esters is 1. The van der Waals surface area contributed by atoms with Crippen molar-refractivity contribution in [3.05, 3.63) is 12.2 Å². The number of nitrogens with zero attached hydrogens (tertiary/aromatic N) is 1. The number of rotatable bonds is 2. The molecule has 0 saturated heterocycles. The fourth-order valence-corrected chi connectivity index (χ4v) is 1.96. The lowest BCUT2D eigenvalue weighted by Gasteiger charge is -2.32. The van der Waals surface area contributed by atoms with E-state index < -0.39 is 5.60 Å². The number of amides is 1. The Balaban J connectivity index is 2.77. The van der Waals surface area contributed by atoms with Gasteiger partial charge in [-0.05, 0) is 40.0 Å². The molecule has 5 heteroatoms. The lowest BCUT2D eigenvalue weighted by molar-refractivity contribution is -0.142. The quantitative estimate of drug-likeness (QED) is 0.577. The van der Waals surface area contributed by atoms with Crippen molar-refractivity contribution in [2.24, 2.45) is 0 Å². The smallest absolute Gasteiger partial charge is 0.410 e. The van der Waals surface area contributed by atoms with Gasteiger partial charge in [0.15, 0.2) is 0 Å². The lowest BCUT2D eigenvalue weighted by atomic mass is 10.1. The molecule has 1 amide bonds. The molecular formula is C15H25NO4. The van der Waals surface area contributed by atoms with E-state index in [1.807, 2.05) is 32.9 Å². The SMILES string of the molecule is CC(=O)OC[C@H]1/C=C\CCCCN1C(=O)OC(C)(C)C. The van der Waals surface area contributed by atoms with E-state index in [1.165, 1.54) is 6.92 Å². The van der Waals surface area contributed by atoms with Crippen molar-refractivity contribution >= 4 is 12.1 Å². The number of hydrogen-bond acceptors (Lipinski definition) is 4. The minimum Gasteiger partial charge on any atom is -0.463 e. The maximum absolute atomic E-state index is 12.3. The number of carbonyl (C=O) groups is 2. The molecule has 20 heavy (non-hydrogen) atoms. The fourth-order valence-electron chi connectivity index (χ4n) is 1.96. The molecule has 0 aromatic heterocycles. The van der Waals surface area contributed by atoms with Crippen LogP contribution in [0.15, 0.2) is 12.2 Å². The first kappa shape index (κ1) is 16.5. The van der Waals surface area contributed by atoms with Gasteiger partial charge in [-0.2, -0.15) is 0 Å². The average Bonchev–Trinajstić information content (AvgIpc) is 2.24. The van der Waals surface area contributed by atoms with Gasteiger partial charge in [0.25, 0.3) is 0 Å². The third-order valence-electron chi connectivity index (χ3n) is 2.86. The molecule has 0 aromatic carbocycles. The van der Waals surface area contributed by atoms with Crippen molar-refractivity contribution in [2.75, 3.05) is 13.2 Å². The topological polar surface area (TPSA) is 55.8 Å². The Kier molecular flexibility index (Phi) is 6.05. The Morgan fingerprint density at radius 1 is 1.30 bits per heavy atom. The van der Waals surface area contributed by atoms with E-state index in [0.717, 1.165) is 19.3 Å². The van der Waals surface area contributed by atoms with Gasteiger partial charge in [0, 0.05) is 13.5 Å². The highest BCUT2D eigenvalue weighted by atomic mass is 16.6. The Morgan fingerprint density at radius 2 is 2.00 bits per heavy atom. The van der Waals surface area contributed by atoms with E-state index in [1.54, 1.807) is 4.90 Å². The summed E-state index contributed by atoms with van der Waals surface area (Å²) < 4.78 is 10.5. The van der Waals surface area contributed by atoms with Gasteiger partial charge in [-0.1, -0.05) is 12.2 Å². The predicted molar refractivity (Wildman–Crippen MR) is 76.4 cm³/mol. The second-order valence-corrected chi connectivity index (χ2v) is 5.97. The molecule has 0 saturated carbocycles. The van der Waals surface area contributed by atoms with Crippen molar-refractivity contribution in [1.82, 2.24) is 4.90 Å². The summed E-state index contributed by atoms with van der Waals surface area (Å²) in [7, 11) is 0. The number of carbonyl (C=O) groups excluding carboxylic acids is 2. The van der Waals surface area contributed by atoms with E-state index in [-0.39, 0.29) is 24.7 Å². The molecule has 1 aliphatic rings. The summed E-state index contributed by atoms with van der Waals surface area (Å²) in [6.07, 6.45) is 6.53. The first-order valence-electron chi connectivity index (χ1n) is 7.09. The van der Waals surface area contributed by atoms with E-state index >= 15 is 0 Å². The predicted octanol–water partition coefficient (Wildman–Crippen LogP) is 2.90. The van der Waals surface area contributed by atoms with Crippen molar-refractivity contribution in [2.45, 2.75) is 58.6 Å². The van der Waals surface area contributed by atoms with Crippen LogP contribution in [0, 0.1) is 0 Å². The van der Waals surface area contributed by atoms with Gasteiger partial charge in [0.2, 0.25) is 0 Å². The van der Waals surface area contributed by atoms with Crippen molar-refractivity contribution in [3.63, 3.8) is 0 Å². The second kappa shape index (κ2) is 7.31. The summed E-state index contributed by atoms with van der Waals surface area (Å²) in [5, 5.41) is 0. The van der Waals surface area contributed by atoms with Crippen LogP contribution in [0.5, 0.6) is 0 Å². The van der Waals surface area contributed by atoms with Gasteiger partial charge in [-0.3, -0.25) is 9.69 Å². The highest BCUT2D eigenvalue weighted by Gasteiger charge is 2.27. The zero-order valence-corrected chi connectivity index (χ0v) is 12.8. The monoisotopic (exact) mass is 283 g/mol. The average molecular weight is 283 g/mol. The molecule has 0 aromatic rings. The van der Waals surface area contributed by atoms with Gasteiger partial charge in [0.05, 0.1) is 6.04 Å². The minimum atomic E-state index is -0.533. The van der Waals surface area contributed by atoms with Crippen LogP contribution in [0.25, 0.3) is 0 Å². The Labute approximate surface area is 120 Å². The lowest BCUT2D eigenvalue weighted by Crippen LogP contribution is -2.45. The normalized spacial score (nSPS) is 21.6. The Morgan fingerprint density at radius 3 is 2.60 bits per heavy atom. The highest BCUT2D eigenvalue weighted by Crippen LogP contribution is 2.16. The summed E-state index contributed by atoms with van der Waals surface area (Å²) >= 11 is 0. The van der Waals surface area contributed by atoms with Crippen LogP contribution in [-0.4, -0.2) is 41.8 Å². The Hall–Kier alpha value is -1.52. The molecule has 0 N–H and O–H groups in total. The van der Waals surface area contributed by atoms with Crippen molar-refractivity contribution in [3.8, 4) is 0 Å². The Bertz CT molecular complexity index is 371. The number of allylic oxidation sites excluding steroid dienone is 1. The van der Waals surface area contributed by atoms with E-state index in [2.05, 4.69) is 0 Å². The maximum Gasteiger partial charge on any atom is 0.410 e. The molecule has 1 heterocycles. The first-order chi connectivity index (χ1) is 9.29. The zero-order chi connectivity index (χ0) is 15.2. The zero-order valence-electron chi connectivity index (χ0n) is 12.8. The molecule has 0 bridgehead atoms. The summed E-state index contributed by atoms with van der Waals surface area (Å²) in [6.45, 7) is 7.67.